The lowest BCUT2D eigenvalue weighted by atomic mass is 10.2. The zero-order valence-corrected chi connectivity index (χ0v) is 14.3. The molecule has 0 unspecified atom stereocenters. The minimum atomic E-state index is -3.72. The molecule has 2 aromatic carbocycles. The molecule has 0 saturated heterocycles. The van der Waals surface area contributed by atoms with Gasteiger partial charge in [-0.15, -0.1) is 0 Å². The first kappa shape index (κ1) is 17.5. The minimum absolute atomic E-state index is 0.00482. The Bertz CT molecular complexity index is 790. The Balaban J connectivity index is 1.82. The number of halogens is 1. The largest absolute Gasteiger partial charge is 0.490 e. The van der Waals surface area contributed by atoms with Crippen molar-refractivity contribution in [3.8, 4) is 5.75 Å². The molecule has 0 radical (unpaired) electrons. The van der Waals surface area contributed by atoms with Gasteiger partial charge in [0.25, 0.3) is 0 Å². The molecule has 0 bridgehead atoms. The molecule has 0 aliphatic rings. The van der Waals surface area contributed by atoms with Crippen molar-refractivity contribution in [3.05, 3.63) is 58.6 Å². The molecule has 2 rings (SSSR count). The van der Waals surface area contributed by atoms with Gasteiger partial charge in [0.1, 0.15) is 19.0 Å². The van der Waals surface area contributed by atoms with Crippen LogP contribution in [-0.2, 0) is 14.8 Å². The van der Waals surface area contributed by atoms with Crippen LogP contribution in [0.2, 0.25) is 0 Å². The summed E-state index contributed by atoms with van der Waals surface area (Å²) >= 11 is 3.27. The van der Waals surface area contributed by atoms with Gasteiger partial charge in [-0.05, 0) is 52.3 Å². The highest BCUT2D eigenvalue weighted by atomic mass is 79.9. The number of nitrogens with two attached hydrogens (primary N) is 1. The molecule has 0 atom stereocenters. The summed E-state index contributed by atoms with van der Waals surface area (Å²) in [6, 6.07) is 12.6. The molecule has 0 fully saturated rings. The molecule has 0 aromatic heterocycles. The third-order valence-electron chi connectivity index (χ3n) is 2.83. The van der Waals surface area contributed by atoms with E-state index in [1.165, 1.54) is 24.3 Å². The summed E-state index contributed by atoms with van der Waals surface area (Å²) < 4.78 is 33.4. The van der Waals surface area contributed by atoms with Crippen molar-refractivity contribution >= 4 is 31.9 Å². The van der Waals surface area contributed by atoms with Gasteiger partial charge in [0, 0.05) is 4.47 Å². The van der Waals surface area contributed by atoms with E-state index < -0.39 is 16.0 Å². The highest BCUT2D eigenvalue weighted by Crippen LogP contribution is 2.17. The summed E-state index contributed by atoms with van der Waals surface area (Å²) in [4.78, 5) is 11.8. The summed E-state index contributed by atoms with van der Waals surface area (Å²) in [5.74, 6) is -0.0000105. The number of esters is 1. The second-order valence-electron chi connectivity index (χ2n) is 4.48. The lowest BCUT2D eigenvalue weighted by molar-refractivity contribution is 0.0449. The molecule has 8 heteroatoms. The number of ether oxygens (including phenoxy) is 2. The van der Waals surface area contributed by atoms with Gasteiger partial charge in [-0.25, -0.2) is 18.4 Å². The van der Waals surface area contributed by atoms with Gasteiger partial charge in [-0.2, -0.15) is 0 Å². The van der Waals surface area contributed by atoms with Crippen molar-refractivity contribution in [3.63, 3.8) is 0 Å². The standard InChI is InChI=1S/C15H14BrNO5S/c16-14-4-2-1-3-13(14)15(18)22-10-9-21-11-5-7-12(8-6-11)23(17,19)20/h1-8H,9-10H2,(H2,17,19,20). The zero-order chi connectivity index (χ0) is 16.9. The number of rotatable bonds is 6. The maximum Gasteiger partial charge on any atom is 0.339 e. The van der Waals surface area contributed by atoms with Gasteiger partial charge in [0.2, 0.25) is 10.0 Å². The van der Waals surface area contributed by atoms with E-state index in [1.807, 2.05) is 0 Å². The minimum Gasteiger partial charge on any atom is -0.490 e. The molecule has 0 heterocycles. The van der Waals surface area contributed by atoms with Crippen LogP contribution in [0.15, 0.2) is 57.9 Å². The second kappa shape index (κ2) is 7.58. The molecule has 0 aliphatic heterocycles. The van der Waals surface area contributed by atoms with Crippen LogP contribution in [0.3, 0.4) is 0 Å². The highest BCUT2D eigenvalue weighted by molar-refractivity contribution is 9.10. The van der Waals surface area contributed by atoms with E-state index in [4.69, 9.17) is 14.6 Å². The number of hydrogen-bond acceptors (Lipinski definition) is 5. The summed E-state index contributed by atoms with van der Waals surface area (Å²) in [6.45, 7) is 0.210. The second-order valence-corrected chi connectivity index (χ2v) is 6.90. The van der Waals surface area contributed by atoms with Gasteiger partial charge in [0.15, 0.2) is 0 Å². The molecule has 0 spiro atoms. The maximum absolute atomic E-state index is 11.8. The molecule has 0 aliphatic carbocycles. The first-order valence-corrected chi connectivity index (χ1v) is 8.89. The van der Waals surface area contributed by atoms with Crippen LogP contribution in [0.25, 0.3) is 0 Å². The number of benzene rings is 2. The van der Waals surface area contributed by atoms with Crippen molar-refractivity contribution < 1.29 is 22.7 Å². The lowest BCUT2D eigenvalue weighted by Crippen LogP contribution is -2.13. The van der Waals surface area contributed by atoms with E-state index in [9.17, 15) is 13.2 Å². The molecular formula is C15H14BrNO5S. The predicted octanol–water partition coefficient (Wildman–Crippen LogP) is 2.33. The summed E-state index contributed by atoms with van der Waals surface area (Å²) in [6.07, 6.45) is 0. The monoisotopic (exact) mass is 399 g/mol. The van der Waals surface area contributed by atoms with E-state index in [-0.39, 0.29) is 18.1 Å². The molecule has 0 amide bonds. The molecule has 122 valence electrons. The SMILES string of the molecule is NS(=O)(=O)c1ccc(OCCOC(=O)c2ccccc2Br)cc1. The van der Waals surface area contributed by atoms with Crippen molar-refractivity contribution in [1.29, 1.82) is 0 Å². The zero-order valence-electron chi connectivity index (χ0n) is 11.9. The fourth-order valence-corrected chi connectivity index (χ4v) is 2.69. The summed E-state index contributed by atoms with van der Waals surface area (Å²) in [7, 11) is -3.72. The van der Waals surface area contributed by atoms with E-state index in [0.29, 0.717) is 15.8 Å². The number of carbonyl (C=O) groups is 1. The fourth-order valence-electron chi connectivity index (χ4n) is 1.72. The van der Waals surface area contributed by atoms with Crippen LogP contribution >= 0.6 is 15.9 Å². The van der Waals surface area contributed by atoms with Crippen molar-refractivity contribution in [1.82, 2.24) is 0 Å². The Morgan fingerprint density at radius 2 is 1.70 bits per heavy atom. The fraction of sp³-hybridized carbons (Fsp3) is 0.133. The lowest BCUT2D eigenvalue weighted by Gasteiger charge is -2.08. The average Bonchev–Trinajstić information content (AvgIpc) is 2.51. The number of primary sulfonamides is 1. The van der Waals surface area contributed by atoms with Gasteiger partial charge in [-0.3, -0.25) is 0 Å². The Morgan fingerprint density at radius 1 is 1.04 bits per heavy atom. The van der Waals surface area contributed by atoms with E-state index >= 15 is 0 Å². The quantitative estimate of drug-likeness (QED) is 0.593. The van der Waals surface area contributed by atoms with Crippen LogP contribution in [0.5, 0.6) is 5.75 Å². The van der Waals surface area contributed by atoms with Gasteiger partial charge >= 0.3 is 5.97 Å². The summed E-state index contributed by atoms with van der Waals surface area (Å²) in [5, 5.41) is 5.00. The normalized spacial score (nSPS) is 11.0. The number of carbonyl (C=O) groups excluding carboxylic acids is 1. The van der Waals surface area contributed by atoms with Crippen molar-refractivity contribution in [2.75, 3.05) is 13.2 Å². The third kappa shape index (κ3) is 5.05. The summed E-state index contributed by atoms with van der Waals surface area (Å²) in [5.41, 5.74) is 0.435. The van der Waals surface area contributed by atoms with Gasteiger partial charge < -0.3 is 9.47 Å². The third-order valence-corrected chi connectivity index (χ3v) is 4.45. The Labute approximate surface area is 142 Å². The Morgan fingerprint density at radius 3 is 2.30 bits per heavy atom. The maximum atomic E-state index is 11.8. The molecule has 0 saturated carbocycles. The molecule has 2 N–H and O–H groups in total. The average molecular weight is 400 g/mol. The van der Waals surface area contributed by atoms with Crippen LogP contribution in [-0.4, -0.2) is 27.6 Å². The van der Waals surface area contributed by atoms with Crippen LogP contribution in [0.4, 0.5) is 0 Å². The predicted molar refractivity (Wildman–Crippen MR) is 87.7 cm³/mol. The van der Waals surface area contributed by atoms with Crippen LogP contribution in [0, 0.1) is 0 Å². The topological polar surface area (TPSA) is 95.7 Å². The van der Waals surface area contributed by atoms with E-state index in [1.54, 1.807) is 24.3 Å². The smallest absolute Gasteiger partial charge is 0.339 e. The molecular weight excluding hydrogens is 386 g/mol. The Kier molecular flexibility index (Phi) is 5.75. The van der Waals surface area contributed by atoms with Gasteiger partial charge in [-0.1, -0.05) is 12.1 Å². The molecule has 23 heavy (non-hydrogen) atoms. The van der Waals surface area contributed by atoms with Crippen molar-refractivity contribution in [2.24, 2.45) is 5.14 Å². The first-order chi connectivity index (χ1) is 10.9. The first-order valence-electron chi connectivity index (χ1n) is 6.55. The van der Waals surface area contributed by atoms with Crippen LogP contribution in [0.1, 0.15) is 10.4 Å². The molecule has 6 nitrogen and oxygen atoms in total. The number of hydrogen-bond donors (Lipinski definition) is 1. The highest BCUT2D eigenvalue weighted by Gasteiger charge is 2.10. The van der Waals surface area contributed by atoms with Crippen molar-refractivity contribution in [2.45, 2.75) is 4.90 Å². The Hall–Kier alpha value is -1.90. The number of sulfonamides is 1. The van der Waals surface area contributed by atoms with E-state index in [0.717, 1.165) is 0 Å². The molecule has 2 aromatic rings. The van der Waals surface area contributed by atoms with Gasteiger partial charge in [0.05, 0.1) is 10.5 Å². The van der Waals surface area contributed by atoms with Crippen LogP contribution < -0.4 is 9.88 Å². The van der Waals surface area contributed by atoms with E-state index in [2.05, 4.69) is 15.9 Å².